The van der Waals surface area contributed by atoms with E-state index >= 15 is 0 Å². The molecule has 0 fully saturated rings. The highest BCUT2D eigenvalue weighted by molar-refractivity contribution is 6.42. The summed E-state index contributed by atoms with van der Waals surface area (Å²) in [6.45, 7) is 2.09. The van der Waals surface area contributed by atoms with E-state index in [2.05, 4.69) is 55.5 Å². The van der Waals surface area contributed by atoms with Gasteiger partial charge in [-0.1, -0.05) is 71.2 Å². The fourth-order valence-corrected chi connectivity index (χ4v) is 4.24. The van der Waals surface area contributed by atoms with E-state index in [9.17, 15) is 0 Å². The van der Waals surface area contributed by atoms with Crippen LogP contribution in [0.15, 0.2) is 66.7 Å². The average Bonchev–Trinajstić information content (AvgIpc) is 3.11. The van der Waals surface area contributed by atoms with Crippen LogP contribution in [0.5, 0.6) is 0 Å². The van der Waals surface area contributed by atoms with Crippen LogP contribution in [-0.4, -0.2) is 9.78 Å². The highest BCUT2D eigenvalue weighted by atomic mass is 35.5. The van der Waals surface area contributed by atoms with E-state index in [0.717, 1.165) is 35.5 Å². The summed E-state index contributed by atoms with van der Waals surface area (Å²) < 4.78 is 2.05. The molecule has 0 unspecified atom stereocenters. The van der Waals surface area contributed by atoms with Gasteiger partial charge in [0.1, 0.15) is 0 Å². The molecule has 28 heavy (non-hydrogen) atoms. The van der Waals surface area contributed by atoms with E-state index in [-0.39, 0.29) is 0 Å². The summed E-state index contributed by atoms with van der Waals surface area (Å²) in [4.78, 5) is 0. The van der Waals surface area contributed by atoms with Gasteiger partial charge in [-0.3, -0.25) is 0 Å². The molecule has 4 aromatic rings. The Morgan fingerprint density at radius 2 is 1.64 bits per heavy atom. The van der Waals surface area contributed by atoms with Crippen molar-refractivity contribution in [1.29, 1.82) is 0 Å². The molecule has 1 heterocycles. The first-order valence-corrected chi connectivity index (χ1v) is 10.1. The normalized spacial score (nSPS) is 12.5. The maximum absolute atomic E-state index is 6.37. The molecule has 0 radical (unpaired) electrons. The molecule has 1 aliphatic carbocycles. The second-order valence-electron chi connectivity index (χ2n) is 7.20. The predicted molar refractivity (Wildman–Crippen MR) is 117 cm³/mol. The summed E-state index contributed by atoms with van der Waals surface area (Å²) in [6.07, 6.45) is 1.94. The first-order valence-electron chi connectivity index (χ1n) is 9.34. The maximum atomic E-state index is 6.37. The van der Waals surface area contributed by atoms with Crippen molar-refractivity contribution in [2.24, 2.45) is 0 Å². The van der Waals surface area contributed by atoms with Crippen LogP contribution in [0, 0.1) is 6.92 Å². The lowest BCUT2D eigenvalue weighted by atomic mass is 9.87. The second-order valence-corrected chi connectivity index (χ2v) is 8.02. The Balaban J connectivity index is 1.83. The smallest absolute Gasteiger partial charge is 0.0823 e. The van der Waals surface area contributed by atoms with Gasteiger partial charge in [0.2, 0.25) is 0 Å². The zero-order valence-electron chi connectivity index (χ0n) is 15.4. The lowest BCUT2D eigenvalue weighted by Gasteiger charge is -2.17. The van der Waals surface area contributed by atoms with Crippen LogP contribution in [0.25, 0.3) is 28.1 Å². The van der Waals surface area contributed by atoms with Gasteiger partial charge in [-0.05, 0) is 55.2 Å². The van der Waals surface area contributed by atoms with Gasteiger partial charge in [-0.15, -0.1) is 0 Å². The number of aryl methyl sites for hydroxylation is 3. The number of rotatable bonds is 2. The van der Waals surface area contributed by atoms with Crippen molar-refractivity contribution in [3.8, 4) is 28.1 Å². The minimum Gasteiger partial charge on any atom is -0.232 e. The van der Waals surface area contributed by atoms with Gasteiger partial charge in [0.15, 0.2) is 0 Å². The SMILES string of the molecule is Cc1ccc(-n2nc3c(c2-c2ccc(Cl)c(Cl)c2)-c2ccccc2CC3)cc1. The van der Waals surface area contributed by atoms with E-state index in [4.69, 9.17) is 28.3 Å². The zero-order valence-corrected chi connectivity index (χ0v) is 16.9. The van der Waals surface area contributed by atoms with Crippen molar-refractivity contribution in [3.63, 3.8) is 0 Å². The van der Waals surface area contributed by atoms with Gasteiger partial charge < -0.3 is 0 Å². The van der Waals surface area contributed by atoms with Crippen molar-refractivity contribution in [3.05, 3.63) is 93.6 Å². The summed E-state index contributed by atoms with van der Waals surface area (Å²) in [5.74, 6) is 0. The van der Waals surface area contributed by atoms with Gasteiger partial charge in [-0.2, -0.15) is 5.10 Å². The Bertz CT molecular complexity index is 1190. The van der Waals surface area contributed by atoms with Crippen LogP contribution in [0.4, 0.5) is 0 Å². The minimum absolute atomic E-state index is 0.550. The van der Waals surface area contributed by atoms with Crippen molar-refractivity contribution in [2.45, 2.75) is 19.8 Å². The van der Waals surface area contributed by atoms with Gasteiger partial charge >= 0.3 is 0 Å². The molecular weight excluding hydrogens is 387 g/mol. The number of halogens is 2. The zero-order chi connectivity index (χ0) is 19.3. The maximum Gasteiger partial charge on any atom is 0.0823 e. The Labute approximate surface area is 174 Å². The molecule has 3 aromatic carbocycles. The molecule has 0 bridgehead atoms. The van der Waals surface area contributed by atoms with Gasteiger partial charge in [0.25, 0.3) is 0 Å². The van der Waals surface area contributed by atoms with Gasteiger partial charge in [0.05, 0.1) is 27.1 Å². The van der Waals surface area contributed by atoms with Crippen molar-refractivity contribution in [1.82, 2.24) is 9.78 Å². The molecule has 0 amide bonds. The van der Waals surface area contributed by atoms with Crippen molar-refractivity contribution >= 4 is 23.2 Å². The number of nitrogens with zero attached hydrogens (tertiary/aromatic N) is 2. The van der Waals surface area contributed by atoms with E-state index in [1.165, 1.54) is 22.3 Å². The molecule has 0 saturated carbocycles. The standard InChI is InChI=1S/C24H18Cl2N2/c1-15-6-10-18(11-7-15)28-24(17-8-12-20(25)21(26)14-17)23-19-5-3-2-4-16(19)9-13-22(23)27-28/h2-8,10-12,14H,9,13H2,1H3. The largest absolute Gasteiger partial charge is 0.232 e. The summed E-state index contributed by atoms with van der Waals surface area (Å²) >= 11 is 12.6. The quantitative estimate of drug-likeness (QED) is 0.354. The summed E-state index contributed by atoms with van der Waals surface area (Å²) in [5.41, 5.74) is 9.27. The number of fused-ring (bicyclic) bond motifs is 3. The molecule has 1 aliphatic rings. The number of hydrogen-bond donors (Lipinski definition) is 0. The van der Waals surface area contributed by atoms with E-state index in [1.54, 1.807) is 0 Å². The molecule has 0 aliphatic heterocycles. The minimum atomic E-state index is 0.550. The summed E-state index contributed by atoms with van der Waals surface area (Å²) in [5, 5.41) is 6.12. The lowest BCUT2D eigenvalue weighted by molar-refractivity contribution is 0.817. The first kappa shape index (κ1) is 17.5. The Morgan fingerprint density at radius 1 is 0.857 bits per heavy atom. The Morgan fingerprint density at radius 3 is 2.43 bits per heavy atom. The Kier molecular flexibility index (Phi) is 4.26. The van der Waals surface area contributed by atoms with Crippen LogP contribution < -0.4 is 0 Å². The van der Waals surface area contributed by atoms with Crippen molar-refractivity contribution in [2.75, 3.05) is 0 Å². The van der Waals surface area contributed by atoms with Gasteiger partial charge in [0, 0.05) is 11.1 Å². The van der Waals surface area contributed by atoms with Crippen LogP contribution in [-0.2, 0) is 12.8 Å². The third-order valence-corrected chi connectivity index (χ3v) is 6.09. The molecule has 0 saturated heterocycles. The van der Waals surface area contributed by atoms with E-state index in [1.807, 2.05) is 22.9 Å². The lowest BCUT2D eigenvalue weighted by Crippen LogP contribution is -2.03. The second kappa shape index (κ2) is 6.80. The van der Waals surface area contributed by atoms with Crippen LogP contribution in [0.3, 0.4) is 0 Å². The van der Waals surface area contributed by atoms with E-state index < -0.39 is 0 Å². The Hall–Kier alpha value is -2.55. The van der Waals surface area contributed by atoms with Gasteiger partial charge in [-0.25, -0.2) is 4.68 Å². The van der Waals surface area contributed by atoms with Crippen LogP contribution in [0.1, 0.15) is 16.8 Å². The number of hydrogen-bond acceptors (Lipinski definition) is 1. The third-order valence-electron chi connectivity index (χ3n) is 5.35. The molecule has 0 N–H and O–H groups in total. The van der Waals surface area contributed by atoms with Crippen LogP contribution in [0.2, 0.25) is 10.0 Å². The first-order chi connectivity index (χ1) is 13.6. The molecule has 0 spiro atoms. The summed E-state index contributed by atoms with van der Waals surface area (Å²) in [6, 6.07) is 22.9. The highest BCUT2D eigenvalue weighted by Crippen LogP contribution is 2.42. The molecule has 138 valence electrons. The predicted octanol–water partition coefficient (Wildman–Crippen LogP) is 6.92. The molecule has 5 rings (SSSR count). The molecule has 0 atom stereocenters. The average molecular weight is 405 g/mol. The monoisotopic (exact) mass is 404 g/mol. The number of benzene rings is 3. The fourth-order valence-electron chi connectivity index (χ4n) is 3.94. The van der Waals surface area contributed by atoms with Crippen LogP contribution >= 0.6 is 23.2 Å². The molecular formula is C24H18Cl2N2. The molecule has 2 nitrogen and oxygen atoms in total. The third kappa shape index (κ3) is 2.85. The van der Waals surface area contributed by atoms with E-state index in [0.29, 0.717) is 10.0 Å². The molecule has 1 aromatic heterocycles. The van der Waals surface area contributed by atoms with Crippen molar-refractivity contribution < 1.29 is 0 Å². The molecule has 4 heteroatoms. The fraction of sp³-hybridized carbons (Fsp3) is 0.125. The summed E-state index contributed by atoms with van der Waals surface area (Å²) in [7, 11) is 0. The topological polar surface area (TPSA) is 17.8 Å². The number of aromatic nitrogens is 2. The highest BCUT2D eigenvalue weighted by Gasteiger charge is 2.26.